The molecule has 0 aliphatic heterocycles. The van der Waals surface area contributed by atoms with Crippen LogP contribution in [-0.2, 0) is 26.2 Å². The van der Waals surface area contributed by atoms with E-state index in [1.165, 1.54) is 32.1 Å². The van der Waals surface area contributed by atoms with Crippen molar-refractivity contribution in [2.75, 3.05) is 0 Å². The number of hydrogen-bond acceptors (Lipinski definition) is 0. The van der Waals surface area contributed by atoms with E-state index in [4.69, 9.17) is 0 Å². The molecule has 0 amide bonds. The molecule has 196 valence electrons. The van der Waals surface area contributed by atoms with Gasteiger partial charge in [-0.3, -0.25) is 0 Å². The quantitative estimate of drug-likeness (QED) is 0.322. The number of fused-ring (bicyclic) bond motifs is 1. The topological polar surface area (TPSA) is 14.1 Å². The molecule has 0 bridgehead atoms. The molecule has 1 fully saturated rings. The second-order valence-corrected chi connectivity index (χ2v) is 9.92. The molecule has 5 rings (SSSR count). The first kappa shape index (κ1) is 36.8. The first-order chi connectivity index (χ1) is 15.4. The second-order valence-electron chi connectivity index (χ2n) is 9.92. The normalized spacial score (nSPS) is 23.3. The van der Waals surface area contributed by atoms with E-state index < -0.39 is 0 Å². The summed E-state index contributed by atoms with van der Waals surface area (Å²) in [5.41, 5.74) is 8.57. The SMILES string of the molecule is C1CCCC1.CC1=C(C)C(C)C2C1=C(C)C(C)C2C.[CH3-].[CH3-].[CH3-].[Zr+4].c1ccc([N-]c2ccccc2)cc1. The second kappa shape index (κ2) is 18.0. The van der Waals surface area contributed by atoms with E-state index in [-0.39, 0.29) is 48.5 Å². The first-order valence-electron chi connectivity index (χ1n) is 12.6. The van der Waals surface area contributed by atoms with Crippen LogP contribution in [0.25, 0.3) is 5.32 Å². The predicted octanol–water partition coefficient (Wildman–Crippen LogP) is 11.5. The van der Waals surface area contributed by atoms with E-state index in [1.807, 2.05) is 60.7 Å². The first-order valence-corrected chi connectivity index (χ1v) is 12.6. The van der Waals surface area contributed by atoms with Gasteiger partial charge in [0.2, 0.25) is 0 Å². The third-order valence-electron chi connectivity index (χ3n) is 8.03. The zero-order valence-corrected chi connectivity index (χ0v) is 27.0. The molecular formula is C34H51NZr. The van der Waals surface area contributed by atoms with Crippen LogP contribution in [-0.4, -0.2) is 0 Å². The molecule has 3 aliphatic carbocycles. The molecule has 3 aliphatic rings. The van der Waals surface area contributed by atoms with Gasteiger partial charge in [-0.15, -0.1) is 11.4 Å². The van der Waals surface area contributed by atoms with Crippen LogP contribution in [0.15, 0.2) is 83.0 Å². The van der Waals surface area contributed by atoms with Crippen molar-refractivity contribution in [3.63, 3.8) is 0 Å². The van der Waals surface area contributed by atoms with Crippen LogP contribution in [0.5, 0.6) is 0 Å². The van der Waals surface area contributed by atoms with Crippen molar-refractivity contribution in [2.24, 2.45) is 23.7 Å². The average Bonchev–Trinajstić information content (AvgIpc) is 3.52. The van der Waals surface area contributed by atoms with Crippen molar-refractivity contribution in [2.45, 2.75) is 73.6 Å². The Bertz CT molecular complexity index is 864. The van der Waals surface area contributed by atoms with Crippen LogP contribution >= 0.6 is 0 Å². The van der Waals surface area contributed by atoms with E-state index in [0.29, 0.717) is 0 Å². The standard InChI is InChI=1S/C14H22.C12H10N.C5H10.3CH3.Zr/c1-7-9(3)13-11(5)8(2)12(6)14(13)10(7)4;1-3-7-11(8-4-1)13-12-9-5-2-6-10-12;1-2-4-5-3-1;;;;/h7,9,11,13H,1-6H3;1-10H;1-5H2;3*1H3;/q;-1;;3*-1;+4. The van der Waals surface area contributed by atoms with E-state index >= 15 is 0 Å². The van der Waals surface area contributed by atoms with E-state index in [0.717, 1.165) is 35.0 Å². The molecule has 1 nitrogen and oxygen atoms in total. The van der Waals surface area contributed by atoms with Gasteiger partial charge in [0.1, 0.15) is 0 Å². The van der Waals surface area contributed by atoms with Crippen LogP contribution in [0.1, 0.15) is 73.6 Å². The Kier molecular flexibility index (Phi) is 18.3. The molecule has 0 heterocycles. The summed E-state index contributed by atoms with van der Waals surface area (Å²) in [6, 6.07) is 19.9. The van der Waals surface area contributed by atoms with Gasteiger partial charge < -0.3 is 27.6 Å². The zero-order valence-electron chi connectivity index (χ0n) is 24.6. The fraction of sp³-hybridized carbons (Fsp3) is 0.441. The molecule has 2 aromatic carbocycles. The Morgan fingerprint density at radius 2 is 0.972 bits per heavy atom. The minimum atomic E-state index is 0. The van der Waals surface area contributed by atoms with Gasteiger partial charge in [-0.2, -0.15) is 0 Å². The summed E-state index contributed by atoms with van der Waals surface area (Å²) in [5, 5.41) is 4.44. The minimum Gasteiger partial charge on any atom is -0.658 e. The number of nitrogens with zero attached hydrogens (tertiary/aromatic N) is 1. The predicted molar refractivity (Wildman–Crippen MR) is 160 cm³/mol. The number of para-hydroxylation sites is 2. The number of rotatable bonds is 2. The Morgan fingerprint density at radius 1 is 0.583 bits per heavy atom. The molecule has 0 N–H and O–H groups in total. The summed E-state index contributed by atoms with van der Waals surface area (Å²) in [7, 11) is 0. The van der Waals surface area contributed by atoms with Gasteiger partial charge in [0.15, 0.2) is 0 Å². The van der Waals surface area contributed by atoms with Crippen LogP contribution in [0, 0.1) is 46.0 Å². The van der Waals surface area contributed by atoms with Crippen LogP contribution in [0.3, 0.4) is 0 Å². The maximum absolute atomic E-state index is 4.44. The Hall–Kier alpha value is -1.40. The number of hydrogen-bond donors (Lipinski definition) is 0. The summed E-state index contributed by atoms with van der Waals surface area (Å²) in [6.07, 6.45) is 7.50. The summed E-state index contributed by atoms with van der Waals surface area (Å²) < 4.78 is 0. The fourth-order valence-corrected chi connectivity index (χ4v) is 5.59. The largest absolute Gasteiger partial charge is 4.00 e. The molecule has 4 atom stereocenters. The van der Waals surface area contributed by atoms with E-state index in [9.17, 15) is 0 Å². The smallest absolute Gasteiger partial charge is 0.658 e. The molecule has 2 aromatic rings. The number of benzene rings is 2. The molecule has 0 radical (unpaired) electrons. The summed E-state index contributed by atoms with van der Waals surface area (Å²) in [4.78, 5) is 0. The van der Waals surface area contributed by atoms with Gasteiger partial charge in [-0.25, -0.2) is 0 Å². The molecule has 4 unspecified atom stereocenters. The van der Waals surface area contributed by atoms with Gasteiger partial charge in [-0.1, -0.05) is 125 Å². The van der Waals surface area contributed by atoms with Gasteiger partial charge in [0.25, 0.3) is 0 Å². The molecule has 0 aromatic heterocycles. The van der Waals surface area contributed by atoms with Gasteiger partial charge in [0.05, 0.1) is 0 Å². The van der Waals surface area contributed by atoms with Crippen molar-refractivity contribution in [1.82, 2.24) is 0 Å². The van der Waals surface area contributed by atoms with Gasteiger partial charge >= 0.3 is 26.2 Å². The van der Waals surface area contributed by atoms with Gasteiger partial charge in [-0.05, 0) is 55.6 Å². The number of allylic oxidation sites excluding steroid dienone is 4. The fourth-order valence-electron chi connectivity index (χ4n) is 5.59. The van der Waals surface area contributed by atoms with Crippen LogP contribution < -0.4 is 0 Å². The van der Waals surface area contributed by atoms with Crippen molar-refractivity contribution in [3.8, 4) is 0 Å². The molecule has 0 spiro atoms. The molecule has 36 heavy (non-hydrogen) atoms. The molecule has 0 saturated heterocycles. The van der Waals surface area contributed by atoms with Crippen molar-refractivity contribution in [1.29, 1.82) is 0 Å². The van der Waals surface area contributed by atoms with Crippen LogP contribution in [0.4, 0.5) is 11.4 Å². The molecular weight excluding hydrogens is 514 g/mol. The maximum atomic E-state index is 4.44. The maximum Gasteiger partial charge on any atom is 4.00 e. The third kappa shape index (κ3) is 9.17. The monoisotopic (exact) mass is 563 g/mol. The molecule has 1 saturated carbocycles. The summed E-state index contributed by atoms with van der Waals surface area (Å²) in [5.74, 6) is 3.23. The third-order valence-corrected chi connectivity index (χ3v) is 8.03. The zero-order chi connectivity index (χ0) is 23.1. The van der Waals surface area contributed by atoms with Crippen molar-refractivity contribution in [3.05, 3.63) is 111 Å². The van der Waals surface area contributed by atoms with Gasteiger partial charge in [0, 0.05) is 0 Å². The summed E-state index contributed by atoms with van der Waals surface area (Å²) >= 11 is 0. The van der Waals surface area contributed by atoms with Crippen molar-refractivity contribution < 1.29 is 26.2 Å². The molecule has 2 heteroatoms. The van der Waals surface area contributed by atoms with Crippen LogP contribution in [0.2, 0.25) is 0 Å². The average molecular weight is 565 g/mol. The van der Waals surface area contributed by atoms with E-state index in [2.05, 4.69) is 46.9 Å². The summed E-state index contributed by atoms with van der Waals surface area (Å²) in [6.45, 7) is 14.2. The minimum absolute atomic E-state index is 0. The van der Waals surface area contributed by atoms with E-state index in [1.54, 1.807) is 22.3 Å². The Morgan fingerprint density at radius 3 is 1.33 bits per heavy atom. The van der Waals surface area contributed by atoms with Crippen molar-refractivity contribution >= 4 is 11.4 Å². The Balaban J connectivity index is 0. The Labute approximate surface area is 244 Å².